The normalized spacial score (nSPS) is 28.2. The molecule has 0 radical (unpaired) electrons. The van der Waals surface area contributed by atoms with Gasteiger partial charge in [0.2, 0.25) is 0 Å². The summed E-state index contributed by atoms with van der Waals surface area (Å²) in [5.41, 5.74) is 0. The maximum absolute atomic E-state index is 5.68. The summed E-state index contributed by atoms with van der Waals surface area (Å²) in [7, 11) is 0. The third-order valence-electron chi connectivity index (χ3n) is 3.42. The van der Waals surface area contributed by atoms with Crippen molar-refractivity contribution in [2.45, 2.75) is 52.5 Å². The zero-order valence-corrected chi connectivity index (χ0v) is 10.6. The van der Waals surface area contributed by atoms with Gasteiger partial charge < -0.3 is 10.1 Å². The molecular formula is C13H27NO. The molecule has 90 valence electrons. The van der Waals surface area contributed by atoms with Crippen molar-refractivity contribution >= 4 is 0 Å². The fourth-order valence-electron chi connectivity index (χ4n) is 2.60. The molecule has 0 aromatic rings. The maximum Gasteiger partial charge on any atom is 0.0622 e. The van der Waals surface area contributed by atoms with Gasteiger partial charge in [-0.3, -0.25) is 0 Å². The largest absolute Gasteiger partial charge is 0.380 e. The van der Waals surface area contributed by atoms with Crippen molar-refractivity contribution in [3.8, 4) is 0 Å². The minimum atomic E-state index is 0.589. The van der Waals surface area contributed by atoms with Crippen LogP contribution in [0, 0.1) is 11.8 Å². The molecular weight excluding hydrogens is 186 g/mol. The summed E-state index contributed by atoms with van der Waals surface area (Å²) in [6, 6.07) is 0.589. The van der Waals surface area contributed by atoms with E-state index in [1.807, 2.05) is 0 Å². The van der Waals surface area contributed by atoms with Gasteiger partial charge in [-0.1, -0.05) is 27.2 Å². The van der Waals surface area contributed by atoms with E-state index in [0.717, 1.165) is 38.0 Å². The predicted octanol–water partition coefficient (Wildman–Crippen LogP) is 2.83. The summed E-state index contributed by atoms with van der Waals surface area (Å²) >= 11 is 0. The molecule has 0 spiro atoms. The Morgan fingerprint density at radius 1 is 1.33 bits per heavy atom. The Balaban J connectivity index is 2.28. The van der Waals surface area contributed by atoms with Crippen molar-refractivity contribution < 1.29 is 4.74 Å². The van der Waals surface area contributed by atoms with E-state index in [1.54, 1.807) is 0 Å². The molecule has 3 unspecified atom stereocenters. The summed E-state index contributed by atoms with van der Waals surface area (Å²) in [6.07, 6.45) is 5.29. The van der Waals surface area contributed by atoms with Crippen LogP contribution in [0.15, 0.2) is 0 Å². The van der Waals surface area contributed by atoms with Gasteiger partial charge in [-0.05, 0) is 37.6 Å². The minimum absolute atomic E-state index is 0.589. The first kappa shape index (κ1) is 13.0. The second kappa shape index (κ2) is 7.24. The van der Waals surface area contributed by atoms with E-state index in [-0.39, 0.29) is 0 Å². The van der Waals surface area contributed by atoms with E-state index < -0.39 is 0 Å². The van der Waals surface area contributed by atoms with E-state index in [9.17, 15) is 0 Å². The summed E-state index contributed by atoms with van der Waals surface area (Å²) in [6.45, 7) is 9.59. The van der Waals surface area contributed by atoms with E-state index >= 15 is 0 Å². The van der Waals surface area contributed by atoms with Crippen molar-refractivity contribution in [1.82, 2.24) is 5.32 Å². The van der Waals surface area contributed by atoms with E-state index in [2.05, 4.69) is 26.1 Å². The lowest BCUT2D eigenvalue weighted by molar-refractivity contribution is 0.0939. The Hall–Kier alpha value is -0.0800. The molecule has 0 aromatic carbocycles. The minimum Gasteiger partial charge on any atom is -0.380 e. The van der Waals surface area contributed by atoms with E-state index in [1.165, 1.54) is 19.3 Å². The molecule has 1 aliphatic carbocycles. The Bertz CT molecular complexity index is 161. The third-order valence-corrected chi connectivity index (χ3v) is 3.42. The predicted molar refractivity (Wildman–Crippen MR) is 65.1 cm³/mol. The molecule has 1 fully saturated rings. The highest BCUT2D eigenvalue weighted by Crippen LogP contribution is 2.32. The van der Waals surface area contributed by atoms with Crippen LogP contribution in [0.5, 0.6) is 0 Å². The van der Waals surface area contributed by atoms with Crippen LogP contribution in [-0.2, 0) is 4.74 Å². The SMILES string of the molecule is CCCOCC(NCC)C1CCC(C)C1. The van der Waals surface area contributed by atoms with Gasteiger partial charge in [0.25, 0.3) is 0 Å². The molecule has 15 heavy (non-hydrogen) atoms. The van der Waals surface area contributed by atoms with Crippen molar-refractivity contribution in [3.05, 3.63) is 0 Å². The van der Waals surface area contributed by atoms with Gasteiger partial charge in [0.15, 0.2) is 0 Å². The average Bonchev–Trinajstić information content (AvgIpc) is 2.64. The molecule has 2 nitrogen and oxygen atoms in total. The van der Waals surface area contributed by atoms with Gasteiger partial charge in [0.1, 0.15) is 0 Å². The monoisotopic (exact) mass is 213 g/mol. The highest BCUT2D eigenvalue weighted by molar-refractivity contribution is 4.82. The Morgan fingerprint density at radius 3 is 2.67 bits per heavy atom. The van der Waals surface area contributed by atoms with Crippen molar-refractivity contribution in [3.63, 3.8) is 0 Å². The average molecular weight is 213 g/mol. The molecule has 0 bridgehead atoms. The molecule has 0 aliphatic heterocycles. The first-order chi connectivity index (χ1) is 7.27. The van der Waals surface area contributed by atoms with Crippen LogP contribution in [0.1, 0.15) is 46.5 Å². The topological polar surface area (TPSA) is 21.3 Å². The number of ether oxygens (including phenoxy) is 1. The lowest BCUT2D eigenvalue weighted by Gasteiger charge is -2.24. The summed E-state index contributed by atoms with van der Waals surface area (Å²) in [5.74, 6) is 1.76. The van der Waals surface area contributed by atoms with Gasteiger partial charge in [-0.15, -0.1) is 0 Å². The smallest absolute Gasteiger partial charge is 0.0622 e. The van der Waals surface area contributed by atoms with Crippen LogP contribution in [0.2, 0.25) is 0 Å². The van der Waals surface area contributed by atoms with Crippen LogP contribution >= 0.6 is 0 Å². The van der Waals surface area contributed by atoms with Crippen LogP contribution in [-0.4, -0.2) is 25.8 Å². The third kappa shape index (κ3) is 4.52. The lowest BCUT2D eigenvalue weighted by atomic mass is 9.97. The zero-order valence-electron chi connectivity index (χ0n) is 10.6. The number of nitrogens with one attached hydrogen (secondary N) is 1. The Labute approximate surface area is 94.8 Å². The fourth-order valence-corrected chi connectivity index (χ4v) is 2.60. The van der Waals surface area contributed by atoms with Gasteiger partial charge in [-0.25, -0.2) is 0 Å². The molecule has 0 saturated heterocycles. The summed E-state index contributed by atoms with van der Waals surface area (Å²) in [5, 5.41) is 3.58. The molecule has 1 N–H and O–H groups in total. The van der Waals surface area contributed by atoms with Crippen LogP contribution < -0.4 is 5.32 Å². The number of rotatable bonds is 7. The molecule has 0 aromatic heterocycles. The van der Waals surface area contributed by atoms with E-state index in [0.29, 0.717) is 6.04 Å². The van der Waals surface area contributed by atoms with Crippen molar-refractivity contribution in [2.24, 2.45) is 11.8 Å². The van der Waals surface area contributed by atoms with Crippen molar-refractivity contribution in [2.75, 3.05) is 19.8 Å². The number of likely N-dealkylation sites (N-methyl/N-ethyl adjacent to an activating group) is 1. The van der Waals surface area contributed by atoms with Gasteiger partial charge in [0, 0.05) is 12.6 Å². The molecule has 2 heteroatoms. The van der Waals surface area contributed by atoms with Gasteiger partial charge >= 0.3 is 0 Å². The quantitative estimate of drug-likeness (QED) is 0.657. The Morgan fingerprint density at radius 2 is 2.13 bits per heavy atom. The number of hydrogen-bond acceptors (Lipinski definition) is 2. The second-order valence-corrected chi connectivity index (χ2v) is 4.92. The lowest BCUT2D eigenvalue weighted by Crippen LogP contribution is -2.39. The first-order valence-electron chi connectivity index (χ1n) is 6.59. The fraction of sp³-hybridized carbons (Fsp3) is 1.00. The van der Waals surface area contributed by atoms with Crippen LogP contribution in [0.3, 0.4) is 0 Å². The highest BCUT2D eigenvalue weighted by atomic mass is 16.5. The standard InChI is InChI=1S/C13H27NO/c1-4-8-15-10-13(14-5-2)12-7-6-11(3)9-12/h11-14H,4-10H2,1-3H3. The van der Waals surface area contributed by atoms with E-state index in [4.69, 9.17) is 4.74 Å². The summed E-state index contributed by atoms with van der Waals surface area (Å²) in [4.78, 5) is 0. The zero-order chi connectivity index (χ0) is 11.1. The molecule has 1 saturated carbocycles. The molecule has 0 heterocycles. The molecule has 1 aliphatic rings. The van der Waals surface area contributed by atoms with Crippen LogP contribution in [0.4, 0.5) is 0 Å². The van der Waals surface area contributed by atoms with Crippen molar-refractivity contribution in [1.29, 1.82) is 0 Å². The maximum atomic E-state index is 5.68. The first-order valence-corrected chi connectivity index (χ1v) is 6.59. The highest BCUT2D eigenvalue weighted by Gasteiger charge is 2.28. The second-order valence-electron chi connectivity index (χ2n) is 4.92. The van der Waals surface area contributed by atoms with Crippen LogP contribution in [0.25, 0.3) is 0 Å². The Kier molecular flexibility index (Phi) is 6.26. The summed E-state index contributed by atoms with van der Waals surface area (Å²) < 4.78 is 5.68. The van der Waals surface area contributed by atoms with Gasteiger partial charge in [0.05, 0.1) is 6.61 Å². The molecule has 0 amide bonds. The number of hydrogen-bond donors (Lipinski definition) is 1. The molecule has 1 rings (SSSR count). The molecule has 3 atom stereocenters. The van der Waals surface area contributed by atoms with Gasteiger partial charge in [-0.2, -0.15) is 0 Å².